The monoisotopic (exact) mass is 544 g/mol. The molecule has 3 aromatic rings. The minimum Gasteiger partial charge on any atom is -0.465 e. The molecule has 3 heterocycles. The standard InChI is InChI=1S/C25H29ClN6O4S/c1-15-5-7-18(8-6-15)37(35,36)32-14-17(13-27)19-21(29-23(26)30-22(19)32)31-11-9-16(10-12-31)20(25(2,3)4)28-24(33)34/h5-8,14,16,20,28H,9-12H2,1-4H3,(H,33,34). The number of nitriles is 1. The summed E-state index contributed by atoms with van der Waals surface area (Å²) in [6.45, 7) is 8.93. The number of halogens is 1. The number of fused-ring (bicyclic) bond motifs is 1. The number of benzene rings is 1. The van der Waals surface area contributed by atoms with E-state index in [1.165, 1.54) is 18.3 Å². The molecule has 1 unspecified atom stereocenters. The molecule has 0 bridgehead atoms. The van der Waals surface area contributed by atoms with Crippen LogP contribution in [0.3, 0.4) is 0 Å². The molecule has 196 valence electrons. The van der Waals surface area contributed by atoms with Gasteiger partial charge in [0.2, 0.25) is 5.28 Å². The first-order chi connectivity index (χ1) is 17.3. The molecule has 2 aromatic heterocycles. The molecule has 0 spiro atoms. The van der Waals surface area contributed by atoms with Gasteiger partial charge in [0.15, 0.2) is 5.65 Å². The van der Waals surface area contributed by atoms with Crippen LogP contribution < -0.4 is 10.2 Å². The molecule has 1 amide bonds. The Labute approximate surface area is 220 Å². The highest BCUT2D eigenvalue weighted by Crippen LogP contribution is 2.37. The van der Waals surface area contributed by atoms with Crippen molar-refractivity contribution in [1.29, 1.82) is 5.26 Å². The van der Waals surface area contributed by atoms with E-state index in [2.05, 4.69) is 21.4 Å². The minimum atomic E-state index is -4.05. The summed E-state index contributed by atoms with van der Waals surface area (Å²) in [7, 11) is -4.05. The third kappa shape index (κ3) is 5.22. The van der Waals surface area contributed by atoms with Crippen molar-refractivity contribution in [2.45, 2.75) is 51.5 Å². The number of hydrogen-bond acceptors (Lipinski definition) is 7. The van der Waals surface area contributed by atoms with Crippen LogP contribution >= 0.6 is 11.6 Å². The van der Waals surface area contributed by atoms with Gasteiger partial charge in [-0.3, -0.25) is 0 Å². The Kier molecular flexibility index (Phi) is 7.10. The minimum absolute atomic E-state index is 0.0364. The number of nitrogens with zero attached hydrogens (tertiary/aromatic N) is 5. The van der Waals surface area contributed by atoms with Crippen molar-refractivity contribution in [2.24, 2.45) is 11.3 Å². The number of amides is 1. The summed E-state index contributed by atoms with van der Waals surface area (Å²) in [5, 5.41) is 22.1. The topological polar surface area (TPSA) is 141 Å². The number of rotatable bonds is 5. The molecule has 0 aliphatic carbocycles. The highest BCUT2D eigenvalue weighted by Gasteiger charge is 2.36. The van der Waals surface area contributed by atoms with Gasteiger partial charge >= 0.3 is 6.09 Å². The van der Waals surface area contributed by atoms with Crippen molar-refractivity contribution in [1.82, 2.24) is 19.3 Å². The molecule has 1 aliphatic rings. The van der Waals surface area contributed by atoms with E-state index >= 15 is 0 Å². The zero-order chi connectivity index (χ0) is 27.1. The van der Waals surface area contributed by atoms with E-state index in [4.69, 9.17) is 11.6 Å². The molecule has 4 rings (SSSR count). The largest absolute Gasteiger partial charge is 0.465 e. The fourth-order valence-electron chi connectivity index (χ4n) is 4.99. The van der Waals surface area contributed by atoms with E-state index in [-0.39, 0.29) is 38.8 Å². The fourth-order valence-corrected chi connectivity index (χ4v) is 6.47. The lowest BCUT2D eigenvalue weighted by Crippen LogP contribution is -2.51. The molecule has 1 aliphatic heterocycles. The van der Waals surface area contributed by atoms with E-state index in [9.17, 15) is 23.6 Å². The maximum atomic E-state index is 13.5. The second kappa shape index (κ2) is 9.84. The Morgan fingerprint density at radius 3 is 2.38 bits per heavy atom. The smallest absolute Gasteiger partial charge is 0.404 e. The van der Waals surface area contributed by atoms with Gasteiger partial charge in [0.1, 0.15) is 11.9 Å². The summed E-state index contributed by atoms with van der Waals surface area (Å²) in [4.78, 5) is 22.0. The van der Waals surface area contributed by atoms with E-state index in [1.54, 1.807) is 12.1 Å². The third-order valence-corrected chi connectivity index (χ3v) is 8.62. The number of carbonyl (C=O) groups is 1. The van der Waals surface area contributed by atoms with Crippen LogP contribution in [0.4, 0.5) is 10.6 Å². The van der Waals surface area contributed by atoms with Gasteiger partial charge in [-0.05, 0) is 54.8 Å². The first-order valence-corrected chi connectivity index (χ1v) is 13.7. The van der Waals surface area contributed by atoms with Crippen molar-refractivity contribution in [2.75, 3.05) is 18.0 Å². The number of anilines is 1. The summed E-state index contributed by atoms with van der Waals surface area (Å²) >= 11 is 6.27. The summed E-state index contributed by atoms with van der Waals surface area (Å²) in [5.41, 5.74) is 0.804. The molecule has 12 heteroatoms. The predicted octanol–water partition coefficient (Wildman–Crippen LogP) is 4.40. The normalized spacial score (nSPS) is 15.9. The van der Waals surface area contributed by atoms with Crippen LogP contribution in [0.5, 0.6) is 0 Å². The lowest BCUT2D eigenvalue weighted by Gasteiger charge is -2.41. The number of aryl methyl sites for hydroxylation is 1. The van der Waals surface area contributed by atoms with E-state index in [0.717, 1.165) is 9.54 Å². The van der Waals surface area contributed by atoms with E-state index in [0.29, 0.717) is 37.1 Å². The van der Waals surface area contributed by atoms with Gasteiger partial charge < -0.3 is 15.3 Å². The molecule has 2 N–H and O–H groups in total. The quantitative estimate of drug-likeness (QED) is 0.450. The Morgan fingerprint density at radius 1 is 1.22 bits per heavy atom. The van der Waals surface area contributed by atoms with Crippen molar-refractivity contribution >= 4 is 44.6 Å². The van der Waals surface area contributed by atoms with Crippen LogP contribution in [0.25, 0.3) is 11.0 Å². The van der Waals surface area contributed by atoms with Gasteiger partial charge in [0.05, 0.1) is 15.8 Å². The lowest BCUT2D eigenvalue weighted by atomic mass is 9.75. The first kappa shape index (κ1) is 26.7. The Balaban J connectivity index is 1.73. The highest BCUT2D eigenvalue weighted by atomic mass is 35.5. The van der Waals surface area contributed by atoms with Gasteiger partial charge in [-0.25, -0.2) is 17.2 Å². The molecule has 1 fully saturated rings. The van der Waals surface area contributed by atoms with Crippen LogP contribution in [-0.4, -0.2) is 52.7 Å². The molecule has 10 nitrogen and oxygen atoms in total. The highest BCUT2D eigenvalue weighted by molar-refractivity contribution is 7.90. The molecule has 1 saturated heterocycles. The molecule has 1 atom stereocenters. The lowest BCUT2D eigenvalue weighted by molar-refractivity contribution is 0.142. The zero-order valence-corrected chi connectivity index (χ0v) is 22.6. The molecule has 1 aromatic carbocycles. The van der Waals surface area contributed by atoms with Gasteiger partial charge in [-0.2, -0.15) is 15.2 Å². The summed E-state index contributed by atoms with van der Waals surface area (Å²) in [6, 6.07) is 8.26. The zero-order valence-electron chi connectivity index (χ0n) is 21.1. The van der Waals surface area contributed by atoms with Gasteiger partial charge in [0, 0.05) is 25.3 Å². The van der Waals surface area contributed by atoms with Crippen LogP contribution in [0, 0.1) is 29.6 Å². The first-order valence-electron chi connectivity index (χ1n) is 11.9. The van der Waals surface area contributed by atoms with Crippen molar-refractivity contribution in [3.8, 4) is 6.07 Å². The Bertz CT molecular complexity index is 1480. The number of aromatic nitrogens is 3. The average Bonchev–Trinajstić information content (AvgIpc) is 3.21. The number of hydrogen-bond donors (Lipinski definition) is 2. The fraction of sp³-hybridized carbons (Fsp3) is 0.440. The average molecular weight is 545 g/mol. The van der Waals surface area contributed by atoms with Crippen molar-refractivity contribution < 1.29 is 18.3 Å². The van der Waals surface area contributed by atoms with E-state index in [1.807, 2.05) is 32.6 Å². The molecule has 0 saturated carbocycles. The van der Waals surface area contributed by atoms with Gasteiger partial charge in [-0.1, -0.05) is 38.5 Å². The van der Waals surface area contributed by atoms with Crippen LogP contribution in [0.15, 0.2) is 35.4 Å². The maximum Gasteiger partial charge on any atom is 0.404 e. The third-order valence-electron chi connectivity index (χ3n) is 6.79. The summed E-state index contributed by atoms with van der Waals surface area (Å²) in [6.07, 6.45) is 1.56. The summed E-state index contributed by atoms with van der Waals surface area (Å²) < 4.78 is 27.9. The van der Waals surface area contributed by atoms with Crippen molar-refractivity contribution in [3.63, 3.8) is 0 Å². The Hall–Kier alpha value is -3.36. The number of piperidine rings is 1. The number of nitrogens with one attached hydrogen (secondary N) is 1. The Morgan fingerprint density at radius 2 is 1.84 bits per heavy atom. The van der Waals surface area contributed by atoms with E-state index < -0.39 is 16.1 Å². The SMILES string of the molecule is Cc1ccc(S(=O)(=O)n2cc(C#N)c3c(N4CCC(C(NC(=O)O)C(C)(C)C)CC4)nc(Cl)nc32)cc1. The molecule has 0 radical (unpaired) electrons. The van der Waals surface area contributed by atoms with Crippen LogP contribution in [-0.2, 0) is 10.0 Å². The van der Waals surface area contributed by atoms with Gasteiger partial charge in [-0.15, -0.1) is 0 Å². The summed E-state index contributed by atoms with van der Waals surface area (Å²) in [5.74, 6) is 0.489. The van der Waals surface area contributed by atoms with Crippen LogP contribution in [0.1, 0.15) is 44.7 Å². The number of carboxylic acid groups (broad SMARTS) is 1. The molecular weight excluding hydrogens is 516 g/mol. The second-order valence-corrected chi connectivity index (χ2v) is 12.6. The molecular formula is C25H29ClN6O4S. The van der Waals surface area contributed by atoms with Crippen LogP contribution in [0.2, 0.25) is 5.28 Å². The van der Waals surface area contributed by atoms with Gasteiger partial charge in [0.25, 0.3) is 10.0 Å². The molecule has 37 heavy (non-hydrogen) atoms. The van der Waals surface area contributed by atoms with Crippen molar-refractivity contribution in [3.05, 3.63) is 46.9 Å². The predicted molar refractivity (Wildman–Crippen MR) is 140 cm³/mol. The second-order valence-electron chi connectivity index (χ2n) is 10.4. The maximum absolute atomic E-state index is 13.5.